The molecule has 0 radical (unpaired) electrons. The molecule has 0 atom stereocenters. The largest absolute Gasteiger partial charge is 2.00 e. The van der Waals surface area contributed by atoms with Gasteiger partial charge < -0.3 is 19.8 Å². The van der Waals surface area contributed by atoms with Gasteiger partial charge in [-0.3, -0.25) is 0 Å². The minimum atomic E-state index is -3.63. The second-order valence-electron chi connectivity index (χ2n) is 0.250. The van der Waals surface area contributed by atoms with E-state index in [1.807, 2.05) is 0 Å². The fourth-order valence-electron chi connectivity index (χ4n) is 0. The minimum absolute atomic E-state index is 0. The molecular weight excluding hydrogens is 202 g/mol. The summed E-state index contributed by atoms with van der Waals surface area (Å²) in [5, 5.41) is 0. The van der Waals surface area contributed by atoms with Crippen LogP contribution in [-0.2, 0) is 4.46 Å². The monoisotopic (exact) mass is 206 g/mol. The molecule has 0 spiro atoms. The molecule has 0 rings (SSSR count). The zero-order chi connectivity index (χ0) is 3.58. The topological polar surface area (TPSA) is 63.2 Å². The quantitative estimate of drug-likeness (QED) is 0.370. The summed E-state index contributed by atoms with van der Waals surface area (Å²) in [6.45, 7) is 0. The molecule has 0 aliphatic rings. The van der Waals surface area contributed by atoms with Crippen molar-refractivity contribution >= 4 is 84.6 Å². The standard InChI is InChI=1S/2Ca.2Na.O3Si.4H/c;;;;1-4(2)3;;;;/q2*+2;2*+1;-2;4*-1. The zero-order valence-electron chi connectivity index (χ0n) is 9.14. The molecule has 0 amide bonds. The van der Waals surface area contributed by atoms with Gasteiger partial charge in [-0.05, 0) is 0 Å². The third-order valence-electron chi connectivity index (χ3n) is 0. The number of hydrogen-bond acceptors (Lipinski definition) is 3. The van der Waals surface area contributed by atoms with Crippen molar-refractivity contribution in [3.05, 3.63) is 0 Å². The smallest absolute Gasteiger partial charge is 1.00 e. The molecule has 0 heterocycles. The summed E-state index contributed by atoms with van der Waals surface area (Å²) in [7, 11) is -3.63. The molecule has 8 heavy (non-hydrogen) atoms. The molecule has 0 aromatic rings. The second-order valence-corrected chi connectivity index (χ2v) is 0.750. The summed E-state index contributed by atoms with van der Waals surface area (Å²) in [6.07, 6.45) is 0. The molecule has 0 N–H and O–H groups in total. The molecule has 0 aliphatic heterocycles. The normalized spacial score (nSPS) is 3.00. The van der Waals surface area contributed by atoms with Crippen molar-refractivity contribution in [2.24, 2.45) is 0 Å². The Morgan fingerprint density at radius 1 is 1.12 bits per heavy atom. The maximum absolute atomic E-state index is 8.52. The van der Waals surface area contributed by atoms with Crippen LogP contribution in [0.4, 0.5) is 0 Å². The van der Waals surface area contributed by atoms with E-state index in [1.54, 1.807) is 0 Å². The van der Waals surface area contributed by atoms with Gasteiger partial charge in [0.1, 0.15) is 0 Å². The Bertz CT molecular complexity index is 49.3. The molecule has 0 aromatic carbocycles. The maximum Gasteiger partial charge on any atom is 2.00 e. The van der Waals surface area contributed by atoms with E-state index in [-0.39, 0.29) is 140 Å². The first kappa shape index (κ1) is 29.6. The zero-order valence-corrected chi connectivity index (χ0v) is 14.6. The second kappa shape index (κ2) is 22.5. The molecular formula is H4Ca2Na2O3Si. The molecule has 0 aromatic heterocycles. The summed E-state index contributed by atoms with van der Waals surface area (Å²) in [4.78, 5) is 17.0. The molecule has 0 unspecified atom stereocenters. The first-order valence-corrected chi connectivity index (χ1v) is 1.84. The third-order valence-corrected chi connectivity index (χ3v) is 0. The molecule has 0 bridgehead atoms. The fourth-order valence-corrected chi connectivity index (χ4v) is 0. The Hall–Kier alpha value is 4.14. The summed E-state index contributed by atoms with van der Waals surface area (Å²) < 4.78 is 8.52. The van der Waals surface area contributed by atoms with E-state index in [9.17, 15) is 0 Å². The molecule has 0 fully saturated rings. The summed E-state index contributed by atoms with van der Waals surface area (Å²) in [5.74, 6) is 0. The van der Waals surface area contributed by atoms with Gasteiger partial charge in [0, 0.05) is 9.17 Å². The van der Waals surface area contributed by atoms with Crippen LogP contribution >= 0.6 is 0 Å². The van der Waals surface area contributed by atoms with Crippen molar-refractivity contribution in [1.82, 2.24) is 0 Å². The maximum atomic E-state index is 8.52. The fraction of sp³-hybridized carbons (Fsp3) is 0. The van der Waals surface area contributed by atoms with Gasteiger partial charge in [-0.25, -0.2) is 0 Å². The predicted octanol–water partition coefficient (Wildman–Crippen LogP) is -9.18. The van der Waals surface area contributed by atoms with Gasteiger partial charge in [0.05, 0.1) is 0 Å². The molecule has 32 valence electrons. The van der Waals surface area contributed by atoms with E-state index < -0.39 is 9.17 Å². The average Bonchev–Trinajstić information content (AvgIpc) is 0.811. The van der Waals surface area contributed by atoms with Crippen LogP contribution in [0.15, 0.2) is 0 Å². The van der Waals surface area contributed by atoms with E-state index in [0.29, 0.717) is 0 Å². The van der Waals surface area contributed by atoms with Crippen molar-refractivity contribution in [2.75, 3.05) is 0 Å². The van der Waals surface area contributed by atoms with Crippen LogP contribution in [0, 0.1) is 0 Å². The Labute approximate surface area is 159 Å². The van der Waals surface area contributed by atoms with Gasteiger partial charge in [0.15, 0.2) is 0 Å². The van der Waals surface area contributed by atoms with Crippen LogP contribution in [0.1, 0.15) is 5.71 Å². The van der Waals surface area contributed by atoms with Crippen LogP contribution in [0.5, 0.6) is 0 Å². The van der Waals surface area contributed by atoms with Crippen LogP contribution in [-0.4, -0.2) is 84.6 Å². The Kier molecular flexibility index (Phi) is 83.0. The van der Waals surface area contributed by atoms with Gasteiger partial charge in [-0.1, -0.05) is 0 Å². The molecule has 8 heteroatoms. The van der Waals surface area contributed by atoms with Crippen molar-refractivity contribution in [2.45, 2.75) is 0 Å². The summed E-state index contributed by atoms with van der Waals surface area (Å²) in [5.41, 5.74) is 0. The SMILES string of the molecule is O=[Si]([O-])[O-].[Ca+2].[Ca+2].[H-].[H-].[H-].[H-].[Na+].[Na+]. The van der Waals surface area contributed by atoms with Gasteiger partial charge >= 0.3 is 135 Å². The average molecular weight is 206 g/mol. The van der Waals surface area contributed by atoms with Gasteiger partial charge in [0.25, 0.3) is 0 Å². The number of rotatable bonds is 0. The molecule has 3 nitrogen and oxygen atoms in total. The summed E-state index contributed by atoms with van der Waals surface area (Å²) in [6, 6.07) is 0. The van der Waals surface area contributed by atoms with Crippen LogP contribution < -0.4 is 68.7 Å². The molecule has 0 aliphatic carbocycles. The van der Waals surface area contributed by atoms with E-state index in [0.717, 1.165) is 0 Å². The Morgan fingerprint density at radius 3 is 1.12 bits per heavy atom. The van der Waals surface area contributed by atoms with Gasteiger partial charge in [-0.15, -0.1) is 0 Å². The van der Waals surface area contributed by atoms with Crippen LogP contribution in [0.2, 0.25) is 0 Å². The van der Waals surface area contributed by atoms with Crippen molar-refractivity contribution in [1.29, 1.82) is 0 Å². The predicted molar refractivity (Wildman–Crippen MR) is 22.4 cm³/mol. The first-order valence-electron chi connectivity index (χ1n) is 0.612. The summed E-state index contributed by atoms with van der Waals surface area (Å²) >= 11 is 0. The van der Waals surface area contributed by atoms with Gasteiger partial charge in [-0.2, -0.15) is 0 Å². The number of hydrogen-bond donors (Lipinski definition) is 0. The van der Waals surface area contributed by atoms with Crippen molar-refractivity contribution in [3.8, 4) is 0 Å². The third kappa shape index (κ3) is 49.5. The van der Waals surface area contributed by atoms with E-state index in [4.69, 9.17) is 14.1 Å². The Balaban J connectivity index is -0.00000000161. The molecule has 0 saturated heterocycles. The van der Waals surface area contributed by atoms with E-state index >= 15 is 0 Å². The van der Waals surface area contributed by atoms with Crippen LogP contribution in [0.25, 0.3) is 0 Å². The van der Waals surface area contributed by atoms with Gasteiger partial charge in [0.2, 0.25) is 0 Å². The van der Waals surface area contributed by atoms with Crippen LogP contribution in [0.3, 0.4) is 0 Å². The first-order chi connectivity index (χ1) is 1.73. The van der Waals surface area contributed by atoms with Crippen molar-refractivity contribution in [3.63, 3.8) is 0 Å². The van der Waals surface area contributed by atoms with E-state index in [1.165, 1.54) is 0 Å². The van der Waals surface area contributed by atoms with Crippen molar-refractivity contribution < 1.29 is 78.9 Å². The Morgan fingerprint density at radius 2 is 1.12 bits per heavy atom. The molecule has 0 saturated carbocycles. The minimum Gasteiger partial charge on any atom is -1.00 e. The van der Waals surface area contributed by atoms with E-state index in [2.05, 4.69) is 0 Å².